The summed E-state index contributed by atoms with van der Waals surface area (Å²) in [4.78, 5) is 43.2. The van der Waals surface area contributed by atoms with Gasteiger partial charge in [-0.2, -0.15) is 0 Å². The molecule has 9 nitrogen and oxygen atoms in total. The first-order valence-electron chi connectivity index (χ1n) is 11.2. The van der Waals surface area contributed by atoms with Gasteiger partial charge in [-0.1, -0.05) is 24.3 Å². The van der Waals surface area contributed by atoms with Crippen LogP contribution in [0.1, 0.15) is 18.4 Å². The molecule has 3 aliphatic heterocycles. The number of nitrogens with zero attached hydrogens (tertiary/aromatic N) is 3. The van der Waals surface area contributed by atoms with Crippen LogP contribution in [0, 0.1) is 0 Å². The molecule has 3 aliphatic rings. The second-order valence-corrected chi connectivity index (χ2v) is 8.36. The zero-order chi connectivity index (χ0) is 22.8. The van der Waals surface area contributed by atoms with Crippen LogP contribution in [0.15, 0.2) is 48.5 Å². The Morgan fingerprint density at radius 2 is 1.73 bits per heavy atom. The van der Waals surface area contributed by atoms with Crippen molar-refractivity contribution in [1.82, 2.24) is 15.1 Å². The number of carbonyl (C=O) groups is 3. The number of rotatable bonds is 6. The van der Waals surface area contributed by atoms with Gasteiger partial charge in [0.25, 0.3) is 5.91 Å². The van der Waals surface area contributed by atoms with Crippen molar-refractivity contribution in [3.05, 3.63) is 54.1 Å². The molecule has 1 atom stereocenters. The number of imide groups is 1. The fraction of sp³-hybridized carbons (Fsp3) is 0.375. The molecule has 2 saturated heterocycles. The van der Waals surface area contributed by atoms with Crippen LogP contribution in [0.5, 0.6) is 11.5 Å². The van der Waals surface area contributed by atoms with E-state index in [2.05, 4.69) is 22.3 Å². The van der Waals surface area contributed by atoms with Crippen molar-refractivity contribution in [2.24, 2.45) is 0 Å². The van der Waals surface area contributed by atoms with Crippen molar-refractivity contribution < 1.29 is 23.9 Å². The van der Waals surface area contributed by atoms with Crippen LogP contribution in [-0.2, 0) is 16.1 Å². The van der Waals surface area contributed by atoms with Crippen LogP contribution >= 0.6 is 0 Å². The molecule has 2 fully saturated rings. The quantitative estimate of drug-likeness (QED) is 0.677. The molecule has 5 rings (SSSR count). The van der Waals surface area contributed by atoms with E-state index in [0.29, 0.717) is 31.0 Å². The second-order valence-electron chi connectivity index (χ2n) is 8.36. The highest BCUT2D eigenvalue weighted by molar-refractivity contribution is 6.04. The molecule has 33 heavy (non-hydrogen) atoms. The number of fused-ring (bicyclic) bond motifs is 1. The molecular formula is C24H26N4O5. The molecule has 0 spiro atoms. The van der Waals surface area contributed by atoms with E-state index in [1.807, 2.05) is 23.1 Å². The Kier molecular flexibility index (Phi) is 5.77. The number of benzene rings is 2. The first-order valence-corrected chi connectivity index (χ1v) is 11.2. The maximum atomic E-state index is 12.8. The highest BCUT2D eigenvalue weighted by atomic mass is 16.7. The van der Waals surface area contributed by atoms with Crippen molar-refractivity contribution in [3.8, 4) is 11.5 Å². The summed E-state index contributed by atoms with van der Waals surface area (Å²) in [7, 11) is 0. The third-order valence-corrected chi connectivity index (χ3v) is 6.29. The van der Waals surface area contributed by atoms with Crippen LogP contribution in [0.4, 0.5) is 10.5 Å². The number of piperazine rings is 1. The summed E-state index contributed by atoms with van der Waals surface area (Å²) in [5.41, 5.74) is 1.93. The summed E-state index contributed by atoms with van der Waals surface area (Å²) in [6, 6.07) is 14.4. The molecule has 172 valence electrons. The number of urea groups is 1. The van der Waals surface area contributed by atoms with Crippen molar-refractivity contribution in [3.63, 3.8) is 0 Å². The lowest BCUT2D eigenvalue weighted by Gasteiger charge is -2.36. The lowest BCUT2D eigenvalue weighted by molar-refractivity contribution is -0.132. The van der Waals surface area contributed by atoms with Gasteiger partial charge in [0.2, 0.25) is 12.7 Å². The minimum Gasteiger partial charge on any atom is -0.454 e. The minimum atomic E-state index is -0.680. The predicted octanol–water partition coefficient (Wildman–Crippen LogP) is 1.96. The maximum absolute atomic E-state index is 12.8. The van der Waals surface area contributed by atoms with Gasteiger partial charge >= 0.3 is 6.03 Å². The molecule has 2 aromatic rings. The summed E-state index contributed by atoms with van der Waals surface area (Å²) < 4.78 is 10.7. The van der Waals surface area contributed by atoms with Gasteiger partial charge in [0.1, 0.15) is 6.04 Å². The molecule has 1 N–H and O–H groups in total. The zero-order valence-corrected chi connectivity index (χ0v) is 18.2. The van der Waals surface area contributed by atoms with Crippen molar-refractivity contribution in [2.45, 2.75) is 25.4 Å². The molecule has 0 bridgehead atoms. The first kappa shape index (κ1) is 21.1. The Morgan fingerprint density at radius 3 is 2.52 bits per heavy atom. The van der Waals surface area contributed by atoms with Crippen LogP contribution < -0.4 is 19.7 Å². The molecule has 0 aliphatic carbocycles. The van der Waals surface area contributed by atoms with Crippen LogP contribution in [0.3, 0.4) is 0 Å². The van der Waals surface area contributed by atoms with E-state index in [-0.39, 0.29) is 31.6 Å². The van der Waals surface area contributed by atoms with Gasteiger partial charge in [-0.3, -0.25) is 14.5 Å². The maximum Gasteiger partial charge on any atom is 0.325 e. The number of carbonyl (C=O) groups excluding carboxylic acids is 3. The molecule has 2 aromatic carbocycles. The molecular weight excluding hydrogens is 424 g/mol. The number of amides is 4. The summed E-state index contributed by atoms with van der Waals surface area (Å²) in [6.45, 7) is 3.16. The first-order chi connectivity index (χ1) is 16.1. The Hall–Kier alpha value is -3.75. The molecule has 9 heteroatoms. The van der Waals surface area contributed by atoms with Gasteiger partial charge in [0.05, 0.1) is 6.54 Å². The number of ether oxygens (including phenoxy) is 2. The topological polar surface area (TPSA) is 91.4 Å². The lowest BCUT2D eigenvalue weighted by Crippen LogP contribution is -2.49. The highest BCUT2D eigenvalue weighted by Gasteiger charge is 2.38. The Morgan fingerprint density at radius 1 is 0.970 bits per heavy atom. The predicted molar refractivity (Wildman–Crippen MR) is 120 cm³/mol. The molecule has 3 heterocycles. The van der Waals surface area contributed by atoms with Gasteiger partial charge in [-0.15, -0.1) is 0 Å². The van der Waals surface area contributed by atoms with Gasteiger partial charge in [-0.25, -0.2) is 4.79 Å². The number of nitrogens with one attached hydrogen (secondary N) is 1. The van der Waals surface area contributed by atoms with Crippen LogP contribution in [0.25, 0.3) is 0 Å². The Labute approximate surface area is 191 Å². The van der Waals surface area contributed by atoms with Crippen molar-refractivity contribution in [2.75, 3.05) is 37.9 Å². The average Bonchev–Trinajstić information content (AvgIpc) is 3.42. The third kappa shape index (κ3) is 4.44. The Bertz CT molecular complexity index is 1050. The molecule has 0 saturated carbocycles. The van der Waals surface area contributed by atoms with E-state index in [1.165, 1.54) is 4.90 Å². The van der Waals surface area contributed by atoms with E-state index in [4.69, 9.17) is 9.47 Å². The van der Waals surface area contributed by atoms with E-state index in [9.17, 15) is 14.4 Å². The van der Waals surface area contributed by atoms with Crippen molar-refractivity contribution >= 4 is 23.5 Å². The summed E-state index contributed by atoms with van der Waals surface area (Å²) in [6.07, 6.45) is 0.514. The second kappa shape index (κ2) is 9.01. The SMILES string of the molecule is O=C(CC[C@H]1NC(=O)N(Cc2ccc3c(c2)OCO3)C1=O)N1CCN(c2ccccc2)CC1. The normalized spacial score (nSPS) is 19.8. The third-order valence-electron chi connectivity index (χ3n) is 6.29. The lowest BCUT2D eigenvalue weighted by atomic mass is 10.1. The number of anilines is 1. The van der Waals surface area contributed by atoms with E-state index < -0.39 is 12.1 Å². The average molecular weight is 450 g/mol. The van der Waals surface area contributed by atoms with Gasteiger partial charge in [-0.05, 0) is 36.2 Å². The smallest absolute Gasteiger partial charge is 0.325 e. The van der Waals surface area contributed by atoms with E-state index >= 15 is 0 Å². The fourth-order valence-electron chi connectivity index (χ4n) is 4.42. The molecule has 0 radical (unpaired) electrons. The van der Waals surface area contributed by atoms with Crippen LogP contribution in [-0.4, -0.2) is 66.7 Å². The monoisotopic (exact) mass is 450 g/mol. The van der Waals surface area contributed by atoms with Gasteiger partial charge in [0.15, 0.2) is 11.5 Å². The van der Waals surface area contributed by atoms with Crippen molar-refractivity contribution in [1.29, 1.82) is 0 Å². The Balaban J connectivity index is 1.11. The standard InChI is InChI=1S/C24H26N4O5/c29-22(27-12-10-26(11-13-27)18-4-2-1-3-5-18)9-7-19-23(30)28(24(31)25-19)15-17-6-8-20-21(14-17)33-16-32-20/h1-6,8,14,19H,7,9-13,15-16H2,(H,25,31)/t19-/m1/s1. The van der Waals surface area contributed by atoms with E-state index in [1.54, 1.807) is 18.2 Å². The van der Waals surface area contributed by atoms with Gasteiger partial charge < -0.3 is 24.6 Å². The fourth-order valence-corrected chi connectivity index (χ4v) is 4.42. The zero-order valence-electron chi connectivity index (χ0n) is 18.2. The molecule has 0 aromatic heterocycles. The highest BCUT2D eigenvalue weighted by Crippen LogP contribution is 2.33. The molecule has 4 amide bonds. The minimum absolute atomic E-state index is 0.0129. The summed E-state index contributed by atoms with van der Waals surface area (Å²) in [5.74, 6) is 0.962. The van der Waals surface area contributed by atoms with Gasteiger partial charge in [0, 0.05) is 38.3 Å². The molecule has 0 unspecified atom stereocenters. The number of hydrogen-bond donors (Lipinski definition) is 1. The number of para-hydroxylation sites is 1. The largest absolute Gasteiger partial charge is 0.454 e. The van der Waals surface area contributed by atoms with E-state index in [0.717, 1.165) is 24.3 Å². The summed E-state index contributed by atoms with van der Waals surface area (Å²) in [5, 5.41) is 2.72. The number of hydrogen-bond acceptors (Lipinski definition) is 6. The van der Waals surface area contributed by atoms with Crippen LogP contribution in [0.2, 0.25) is 0 Å². The summed E-state index contributed by atoms with van der Waals surface area (Å²) >= 11 is 0.